The molecule has 10 heteroatoms. The third-order valence-corrected chi connectivity index (χ3v) is 7.01. The van der Waals surface area contributed by atoms with Crippen LogP contribution in [0.4, 0.5) is 30.7 Å². The summed E-state index contributed by atoms with van der Waals surface area (Å²) in [5, 5.41) is 8.81. The minimum Gasteiger partial charge on any atom is -0.427 e. The third-order valence-electron chi connectivity index (χ3n) is 7.01. The lowest BCUT2D eigenvalue weighted by molar-refractivity contribution is -0.134. The van der Waals surface area contributed by atoms with Gasteiger partial charge in [-0.2, -0.15) is 5.26 Å². The molecule has 0 unspecified atom stereocenters. The van der Waals surface area contributed by atoms with Crippen molar-refractivity contribution in [2.24, 2.45) is 0 Å². The molecule has 5 aromatic carbocycles. The molecular formula is C35H20F7NO2. The standard InChI is InChI=1S/C35H20F7NO2/c36-27-11-7-21(13-31(27)40)25-10-4-19(12-28(25)37)2-1-3-34(44)45-24-8-5-20(6-9-24)22-14-32(41)35(33(42)15-22)23-16-29(38)26(18-43)30(39)17-23/h4-17H,1-3H2. The van der Waals surface area contributed by atoms with E-state index in [9.17, 15) is 35.5 Å². The van der Waals surface area contributed by atoms with Crippen molar-refractivity contribution in [3.63, 3.8) is 0 Å². The van der Waals surface area contributed by atoms with E-state index in [1.165, 1.54) is 48.5 Å². The average Bonchev–Trinajstić information content (AvgIpc) is 2.99. The van der Waals surface area contributed by atoms with Crippen molar-refractivity contribution in [2.75, 3.05) is 0 Å². The molecule has 0 aliphatic carbocycles. The highest BCUT2D eigenvalue weighted by atomic mass is 19.2. The second kappa shape index (κ2) is 13.1. The van der Waals surface area contributed by atoms with Gasteiger partial charge in [-0.1, -0.05) is 30.3 Å². The van der Waals surface area contributed by atoms with Gasteiger partial charge in [-0.05, 0) is 95.3 Å². The molecule has 0 amide bonds. The van der Waals surface area contributed by atoms with E-state index >= 15 is 0 Å². The number of hydrogen-bond donors (Lipinski definition) is 0. The lowest BCUT2D eigenvalue weighted by atomic mass is 9.97. The van der Waals surface area contributed by atoms with Crippen molar-refractivity contribution < 1.29 is 40.3 Å². The number of carbonyl (C=O) groups is 1. The number of halogens is 7. The Morgan fingerprint density at radius 3 is 1.80 bits per heavy atom. The van der Waals surface area contributed by atoms with Gasteiger partial charge in [-0.15, -0.1) is 0 Å². The van der Waals surface area contributed by atoms with E-state index < -0.39 is 63.4 Å². The average molecular weight is 620 g/mol. The van der Waals surface area contributed by atoms with E-state index in [0.717, 1.165) is 24.3 Å². The van der Waals surface area contributed by atoms with Crippen molar-refractivity contribution in [3.8, 4) is 45.2 Å². The number of aryl methyl sites for hydroxylation is 1. The van der Waals surface area contributed by atoms with Gasteiger partial charge in [0.25, 0.3) is 0 Å². The predicted molar refractivity (Wildman–Crippen MR) is 152 cm³/mol. The summed E-state index contributed by atoms with van der Waals surface area (Å²) in [4.78, 5) is 12.3. The highest BCUT2D eigenvalue weighted by Crippen LogP contribution is 2.33. The number of nitrogens with zero attached hydrogens (tertiary/aromatic N) is 1. The highest BCUT2D eigenvalue weighted by Gasteiger charge is 2.19. The first kappa shape index (κ1) is 31.0. The molecule has 0 saturated carbocycles. The number of ether oxygens (including phenoxy) is 1. The molecule has 0 spiro atoms. The molecule has 3 nitrogen and oxygen atoms in total. The summed E-state index contributed by atoms with van der Waals surface area (Å²) in [6, 6.07) is 17.9. The topological polar surface area (TPSA) is 50.1 Å². The van der Waals surface area contributed by atoms with Crippen LogP contribution in [-0.4, -0.2) is 5.97 Å². The van der Waals surface area contributed by atoms with Crippen molar-refractivity contribution in [3.05, 3.63) is 137 Å². The van der Waals surface area contributed by atoms with Gasteiger partial charge in [-0.3, -0.25) is 4.79 Å². The van der Waals surface area contributed by atoms with Crippen molar-refractivity contribution in [2.45, 2.75) is 19.3 Å². The van der Waals surface area contributed by atoms with Gasteiger partial charge in [-0.25, -0.2) is 30.7 Å². The van der Waals surface area contributed by atoms with Crippen molar-refractivity contribution >= 4 is 5.97 Å². The Bertz CT molecular complexity index is 1920. The molecule has 0 N–H and O–H groups in total. The molecule has 0 saturated heterocycles. The molecule has 0 radical (unpaired) electrons. The molecule has 0 bridgehead atoms. The smallest absolute Gasteiger partial charge is 0.311 e. The third kappa shape index (κ3) is 6.88. The van der Waals surface area contributed by atoms with Crippen LogP contribution in [0.5, 0.6) is 5.75 Å². The number of rotatable bonds is 8. The van der Waals surface area contributed by atoms with Crippen LogP contribution in [0.3, 0.4) is 0 Å². The van der Waals surface area contributed by atoms with Crippen LogP contribution in [0.2, 0.25) is 0 Å². The van der Waals surface area contributed by atoms with Gasteiger partial charge in [0.1, 0.15) is 46.5 Å². The molecule has 0 atom stereocenters. The second-order valence-electron chi connectivity index (χ2n) is 10.0. The molecule has 0 aliphatic heterocycles. The quantitative estimate of drug-likeness (QED) is 0.0988. The van der Waals surface area contributed by atoms with Crippen LogP contribution < -0.4 is 4.74 Å². The fourth-order valence-corrected chi connectivity index (χ4v) is 4.79. The van der Waals surface area contributed by atoms with Gasteiger partial charge < -0.3 is 4.74 Å². The lowest BCUT2D eigenvalue weighted by Crippen LogP contribution is -2.08. The largest absolute Gasteiger partial charge is 0.427 e. The molecule has 5 rings (SSSR count). The Kier molecular flexibility index (Phi) is 9.00. The number of esters is 1. The zero-order valence-electron chi connectivity index (χ0n) is 23.1. The molecule has 0 aliphatic rings. The van der Waals surface area contributed by atoms with Crippen LogP contribution in [0.1, 0.15) is 24.0 Å². The van der Waals surface area contributed by atoms with E-state index in [-0.39, 0.29) is 28.9 Å². The zero-order chi connectivity index (χ0) is 32.2. The molecule has 45 heavy (non-hydrogen) atoms. The molecule has 0 aromatic heterocycles. The van der Waals surface area contributed by atoms with E-state index in [4.69, 9.17) is 10.00 Å². The Balaban J connectivity index is 1.19. The van der Waals surface area contributed by atoms with Crippen LogP contribution in [0, 0.1) is 52.1 Å². The number of hydrogen-bond acceptors (Lipinski definition) is 3. The summed E-state index contributed by atoms with van der Waals surface area (Å²) in [7, 11) is 0. The molecule has 226 valence electrons. The normalized spacial score (nSPS) is 10.9. The van der Waals surface area contributed by atoms with Gasteiger partial charge in [0.15, 0.2) is 11.6 Å². The van der Waals surface area contributed by atoms with E-state index in [2.05, 4.69) is 0 Å². The van der Waals surface area contributed by atoms with Gasteiger partial charge in [0, 0.05) is 12.0 Å². The zero-order valence-corrected chi connectivity index (χ0v) is 23.1. The van der Waals surface area contributed by atoms with Gasteiger partial charge in [0.2, 0.25) is 0 Å². The second-order valence-corrected chi connectivity index (χ2v) is 10.0. The first-order valence-electron chi connectivity index (χ1n) is 13.5. The summed E-state index contributed by atoms with van der Waals surface area (Å²) in [5.74, 6) is -7.78. The molecule has 0 fully saturated rings. The Hall–Kier alpha value is -5.43. The van der Waals surface area contributed by atoms with E-state index in [1.54, 1.807) is 6.07 Å². The predicted octanol–water partition coefficient (Wildman–Crippen LogP) is 9.46. The van der Waals surface area contributed by atoms with Crippen LogP contribution >= 0.6 is 0 Å². The summed E-state index contributed by atoms with van der Waals surface area (Å²) in [6.07, 6.45) is 0.680. The molecule has 0 heterocycles. The summed E-state index contributed by atoms with van der Waals surface area (Å²) in [6.45, 7) is 0. The maximum absolute atomic E-state index is 14.9. The Labute approximate surface area is 252 Å². The number of benzene rings is 5. The first-order valence-corrected chi connectivity index (χ1v) is 13.5. The van der Waals surface area contributed by atoms with Crippen molar-refractivity contribution in [1.82, 2.24) is 0 Å². The van der Waals surface area contributed by atoms with E-state index in [1.807, 2.05) is 0 Å². The van der Waals surface area contributed by atoms with Crippen molar-refractivity contribution in [1.29, 1.82) is 5.26 Å². The fourth-order valence-electron chi connectivity index (χ4n) is 4.79. The monoisotopic (exact) mass is 619 g/mol. The lowest BCUT2D eigenvalue weighted by Gasteiger charge is -2.11. The summed E-state index contributed by atoms with van der Waals surface area (Å²) in [5.41, 5.74) is -0.549. The maximum Gasteiger partial charge on any atom is 0.311 e. The van der Waals surface area contributed by atoms with Crippen LogP contribution in [0.15, 0.2) is 84.9 Å². The first-order chi connectivity index (χ1) is 21.5. The number of carbonyl (C=O) groups excluding carboxylic acids is 1. The fraction of sp³-hybridized carbons (Fsp3) is 0.0857. The highest BCUT2D eigenvalue weighted by molar-refractivity contribution is 5.74. The van der Waals surface area contributed by atoms with E-state index in [0.29, 0.717) is 36.1 Å². The molecule has 5 aromatic rings. The SMILES string of the molecule is N#Cc1c(F)cc(-c2c(F)cc(-c3ccc(OC(=O)CCCc4ccc(-c5ccc(F)c(F)c5)c(F)c4)cc3)cc2F)cc1F. The number of nitriles is 1. The Morgan fingerprint density at radius 1 is 0.600 bits per heavy atom. The Morgan fingerprint density at radius 2 is 1.20 bits per heavy atom. The van der Waals surface area contributed by atoms with Crippen LogP contribution in [0.25, 0.3) is 33.4 Å². The van der Waals surface area contributed by atoms with Gasteiger partial charge >= 0.3 is 5.97 Å². The van der Waals surface area contributed by atoms with Crippen LogP contribution in [-0.2, 0) is 11.2 Å². The van der Waals surface area contributed by atoms with Gasteiger partial charge in [0.05, 0.1) is 5.56 Å². The molecular weight excluding hydrogens is 599 g/mol. The summed E-state index contributed by atoms with van der Waals surface area (Å²) < 4.78 is 104. The minimum atomic E-state index is -1.25. The minimum absolute atomic E-state index is 0.00269. The summed E-state index contributed by atoms with van der Waals surface area (Å²) >= 11 is 0. The maximum atomic E-state index is 14.9.